The maximum Gasteiger partial charge on any atom is 0.227 e. The molecule has 2 N–H and O–H groups in total. The minimum Gasteiger partial charge on any atom is -0.369 e. The first-order valence-electron chi connectivity index (χ1n) is 6.47. The first kappa shape index (κ1) is 14.5. The van der Waals surface area contributed by atoms with Gasteiger partial charge in [-0.3, -0.25) is 9.78 Å². The molecule has 0 aliphatic heterocycles. The number of amides is 1. The number of hydrogen-bond donors (Lipinski definition) is 1. The summed E-state index contributed by atoms with van der Waals surface area (Å²) in [7, 11) is 0. The number of unbranched alkanes of at least 4 members (excludes halogenated alkanes) is 1. The van der Waals surface area contributed by atoms with E-state index in [9.17, 15) is 4.79 Å². The Labute approximate surface area is 121 Å². The number of nitrogens with zero attached hydrogens (tertiary/aromatic N) is 4. The highest BCUT2D eigenvalue weighted by molar-refractivity contribution is 7.99. The van der Waals surface area contributed by atoms with Gasteiger partial charge in [0.15, 0.2) is 11.0 Å². The minimum absolute atomic E-state index is 0.206. The highest BCUT2D eigenvalue weighted by Crippen LogP contribution is 2.23. The number of hydrogen-bond acceptors (Lipinski definition) is 5. The lowest BCUT2D eigenvalue weighted by atomic mass is 10.2. The molecule has 0 radical (unpaired) electrons. The van der Waals surface area contributed by atoms with Crippen LogP contribution in [0.2, 0.25) is 0 Å². The third kappa shape index (κ3) is 3.57. The Morgan fingerprint density at radius 3 is 2.95 bits per heavy atom. The fourth-order valence-electron chi connectivity index (χ4n) is 1.76. The van der Waals surface area contributed by atoms with Crippen LogP contribution in [0.4, 0.5) is 0 Å². The van der Waals surface area contributed by atoms with Gasteiger partial charge >= 0.3 is 0 Å². The number of carbonyl (C=O) groups is 1. The molecule has 0 spiro atoms. The van der Waals surface area contributed by atoms with Gasteiger partial charge in [0, 0.05) is 24.5 Å². The molecule has 0 bridgehead atoms. The Hall–Kier alpha value is -1.89. The highest BCUT2D eigenvalue weighted by Gasteiger charge is 2.14. The van der Waals surface area contributed by atoms with Gasteiger partial charge in [-0.15, -0.1) is 10.2 Å². The molecule has 0 aromatic carbocycles. The fourth-order valence-corrected chi connectivity index (χ4v) is 2.46. The van der Waals surface area contributed by atoms with E-state index in [2.05, 4.69) is 22.1 Å². The second-order valence-electron chi connectivity index (χ2n) is 4.31. The second-order valence-corrected chi connectivity index (χ2v) is 5.25. The smallest absolute Gasteiger partial charge is 0.227 e. The van der Waals surface area contributed by atoms with E-state index in [1.165, 1.54) is 11.8 Å². The Balaban J connectivity index is 2.29. The van der Waals surface area contributed by atoms with Crippen LogP contribution in [0.15, 0.2) is 29.7 Å². The summed E-state index contributed by atoms with van der Waals surface area (Å²) in [5.41, 5.74) is 6.10. The monoisotopic (exact) mass is 291 g/mol. The fraction of sp³-hybridized carbons (Fsp3) is 0.385. The van der Waals surface area contributed by atoms with Crippen LogP contribution in [-0.2, 0) is 11.3 Å². The zero-order valence-electron chi connectivity index (χ0n) is 11.3. The van der Waals surface area contributed by atoms with Crippen molar-refractivity contribution >= 4 is 17.7 Å². The van der Waals surface area contributed by atoms with Crippen LogP contribution in [0.5, 0.6) is 0 Å². The second kappa shape index (κ2) is 7.04. The topological polar surface area (TPSA) is 86.7 Å². The normalized spacial score (nSPS) is 10.7. The van der Waals surface area contributed by atoms with Crippen molar-refractivity contribution < 1.29 is 4.79 Å². The lowest BCUT2D eigenvalue weighted by Crippen LogP contribution is -2.14. The molecular weight excluding hydrogens is 274 g/mol. The third-order valence-corrected chi connectivity index (χ3v) is 3.70. The molecule has 0 aliphatic carbocycles. The van der Waals surface area contributed by atoms with Crippen molar-refractivity contribution in [1.29, 1.82) is 0 Å². The summed E-state index contributed by atoms with van der Waals surface area (Å²) in [6.07, 6.45) is 5.58. The van der Waals surface area contributed by atoms with Gasteiger partial charge in [0.1, 0.15) is 0 Å². The molecule has 2 rings (SSSR count). The number of rotatable bonds is 7. The molecule has 106 valence electrons. The molecule has 2 aromatic rings. The van der Waals surface area contributed by atoms with Gasteiger partial charge in [0.2, 0.25) is 5.91 Å². The molecule has 0 unspecified atom stereocenters. The third-order valence-electron chi connectivity index (χ3n) is 2.72. The zero-order chi connectivity index (χ0) is 14.4. The quantitative estimate of drug-likeness (QED) is 0.785. The van der Waals surface area contributed by atoms with Crippen molar-refractivity contribution in [3.05, 3.63) is 24.5 Å². The van der Waals surface area contributed by atoms with Gasteiger partial charge in [-0.1, -0.05) is 25.1 Å². The molecule has 2 heterocycles. The van der Waals surface area contributed by atoms with Crippen molar-refractivity contribution in [3.63, 3.8) is 0 Å². The molecule has 0 aliphatic rings. The van der Waals surface area contributed by atoms with Crippen LogP contribution in [0.25, 0.3) is 11.4 Å². The maximum atomic E-state index is 10.9. The van der Waals surface area contributed by atoms with Gasteiger partial charge in [-0.25, -0.2) is 0 Å². The number of nitrogens with two attached hydrogens (primary N) is 1. The molecule has 0 saturated heterocycles. The molecule has 2 aromatic heterocycles. The molecule has 7 heteroatoms. The van der Waals surface area contributed by atoms with Crippen LogP contribution in [0.3, 0.4) is 0 Å². The van der Waals surface area contributed by atoms with E-state index in [0.29, 0.717) is 0 Å². The first-order chi connectivity index (χ1) is 9.72. The first-order valence-corrected chi connectivity index (χ1v) is 7.45. The lowest BCUT2D eigenvalue weighted by Gasteiger charge is -2.08. The summed E-state index contributed by atoms with van der Waals surface area (Å²) in [6, 6.07) is 3.81. The Kier molecular flexibility index (Phi) is 5.11. The van der Waals surface area contributed by atoms with E-state index >= 15 is 0 Å². The molecule has 0 saturated carbocycles. The predicted molar refractivity (Wildman–Crippen MR) is 78.1 cm³/mol. The maximum absolute atomic E-state index is 10.9. The summed E-state index contributed by atoms with van der Waals surface area (Å²) in [5.74, 6) is 0.624. The van der Waals surface area contributed by atoms with Crippen molar-refractivity contribution in [2.45, 2.75) is 31.5 Å². The molecular formula is C13H17N5OS. The van der Waals surface area contributed by atoms with Gasteiger partial charge < -0.3 is 10.3 Å². The molecule has 1 amide bonds. The number of thioether (sulfide) groups is 1. The minimum atomic E-state index is -0.358. The summed E-state index contributed by atoms with van der Waals surface area (Å²) in [6.45, 7) is 2.94. The van der Waals surface area contributed by atoms with E-state index in [1.807, 2.05) is 16.7 Å². The summed E-state index contributed by atoms with van der Waals surface area (Å²) >= 11 is 1.32. The zero-order valence-corrected chi connectivity index (χ0v) is 12.1. The number of pyridine rings is 1. The van der Waals surface area contributed by atoms with Crippen LogP contribution >= 0.6 is 11.8 Å². The number of primary amides is 1. The lowest BCUT2D eigenvalue weighted by molar-refractivity contribution is -0.115. The van der Waals surface area contributed by atoms with Gasteiger partial charge in [0.25, 0.3) is 0 Å². The summed E-state index contributed by atoms with van der Waals surface area (Å²) in [4.78, 5) is 15.0. The van der Waals surface area contributed by atoms with Crippen molar-refractivity contribution in [1.82, 2.24) is 19.7 Å². The number of aromatic nitrogens is 4. The van der Waals surface area contributed by atoms with Crippen LogP contribution in [-0.4, -0.2) is 31.4 Å². The van der Waals surface area contributed by atoms with Gasteiger partial charge in [0.05, 0.1) is 5.75 Å². The highest BCUT2D eigenvalue weighted by atomic mass is 32.2. The van der Waals surface area contributed by atoms with E-state index < -0.39 is 0 Å². The van der Waals surface area contributed by atoms with E-state index in [1.54, 1.807) is 12.4 Å². The average molecular weight is 291 g/mol. The molecule has 0 atom stereocenters. The van der Waals surface area contributed by atoms with Gasteiger partial charge in [-0.05, 0) is 18.6 Å². The Morgan fingerprint density at radius 1 is 1.45 bits per heavy atom. The van der Waals surface area contributed by atoms with Crippen molar-refractivity contribution in [3.8, 4) is 11.4 Å². The molecule has 20 heavy (non-hydrogen) atoms. The molecule has 6 nitrogen and oxygen atoms in total. The summed E-state index contributed by atoms with van der Waals surface area (Å²) in [5, 5.41) is 9.09. The standard InChI is InChI=1S/C13H17N5OS/c1-2-3-7-18-12(10-5-4-6-15-8-10)16-17-13(18)20-9-11(14)19/h4-6,8H,2-3,7,9H2,1H3,(H2,14,19). The predicted octanol–water partition coefficient (Wildman–Crippen LogP) is 1.72. The van der Waals surface area contributed by atoms with E-state index in [-0.39, 0.29) is 11.7 Å². The van der Waals surface area contributed by atoms with Gasteiger partial charge in [-0.2, -0.15) is 0 Å². The number of carbonyl (C=O) groups excluding carboxylic acids is 1. The van der Waals surface area contributed by atoms with Crippen LogP contribution in [0.1, 0.15) is 19.8 Å². The SMILES string of the molecule is CCCCn1c(SCC(N)=O)nnc1-c1cccnc1. The van der Waals surface area contributed by atoms with E-state index in [4.69, 9.17) is 5.73 Å². The van der Waals surface area contributed by atoms with Crippen molar-refractivity contribution in [2.75, 3.05) is 5.75 Å². The average Bonchev–Trinajstić information content (AvgIpc) is 2.86. The molecule has 0 fully saturated rings. The largest absolute Gasteiger partial charge is 0.369 e. The van der Waals surface area contributed by atoms with E-state index in [0.717, 1.165) is 35.9 Å². The summed E-state index contributed by atoms with van der Waals surface area (Å²) < 4.78 is 2.02. The van der Waals surface area contributed by atoms with Crippen molar-refractivity contribution in [2.24, 2.45) is 5.73 Å². The van der Waals surface area contributed by atoms with Crippen LogP contribution < -0.4 is 5.73 Å². The Bertz CT molecular complexity index is 569. The van der Waals surface area contributed by atoms with Crippen LogP contribution in [0, 0.1) is 0 Å². The Morgan fingerprint density at radius 2 is 2.30 bits per heavy atom.